The van der Waals surface area contributed by atoms with Gasteiger partial charge in [-0.2, -0.15) is 10.2 Å². The standard InChI is InChI=1S/C22H30N6O2/c1-13(2)21(29)23-19-10-8-17(25-27-19)15-6-5-7-16(12-15)18-9-11-20(28-26-18)24-22(30)14(3)4/h8-11,13-16H,5-7,12H2,1-4H3,(H,23,27,29)(H,24,28,30)/t15-,16+. The van der Waals surface area contributed by atoms with E-state index in [0.717, 1.165) is 37.1 Å². The maximum absolute atomic E-state index is 11.8. The fraction of sp³-hybridized carbons (Fsp3) is 0.545. The Bertz CT molecular complexity index is 793. The molecule has 1 fully saturated rings. The second-order valence-corrected chi connectivity index (χ2v) is 8.54. The first-order valence-electron chi connectivity index (χ1n) is 10.6. The summed E-state index contributed by atoms with van der Waals surface area (Å²) in [5.74, 6) is 1.22. The van der Waals surface area contributed by atoms with Crippen LogP contribution in [0.2, 0.25) is 0 Å². The summed E-state index contributed by atoms with van der Waals surface area (Å²) in [6.45, 7) is 7.36. The number of anilines is 2. The molecule has 0 saturated heterocycles. The molecule has 2 heterocycles. The molecule has 0 radical (unpaired) electrons. The van der Waals surface area contributed by atoms with Crippen LogP contribution in [0.25, 0.3) is 0 Å². The fourth-order valence-electron chi connectivity index (χ4n) is 3.52. The average molecular weight is 411 g/mol. The quantitative estimate of drug-likeness (QED) is 0.747. The van der Waals surface area contributed by atoms with Gasteiger partial charge in [-0.25, -0.2) is 0 Å². The molecule has 30 heavy (non-hydrogen) atoms. The molecule has 2 amide bonds. The van der Waals surface area contributed by atoms with E-state index < -0.39 is 0 Å². The van der Waals surface area contributed by atoms with Crippen LogP contribution in [0.4, 0.5) is 11.6 Å². The minimum Gasteiger partial charge on any atom is -0.309 e. The van der Waals surface area contributed by atoms with Gasteiger partial charge in [0.05, 0.1) is 11.4 Å². The molecule has 0 bridgehead atoms. The van der Waals surface area contributed by atoms with Crippen LogP contribution >= 0.6 is 0 Å². The third-order valence-corrected chi connectivity index (χ3v) is 5.43. The maximum atomic E-state index is 11.8. The van der Waals surface area contributed by atoms with Gasteiger partial charge in [0.2, 0.25) is 11.8 Å². The van der Waals surface area contributed by atoms with E-state index in [9.17, 15) is 9.59 Å². The lowest BCUT2D eigenvalue weighted by atomic mass is 9.78. The summed E-state index contributed by atoms with van der Waals surface area (Å²) in [4.78, 5) is 23.6. The minimum absolute atomic E-state index is 0.0682. The lowest BCUT2D eigenvalue weighted by molar-refractivity contribution is -0.119. The van der Waals surface area contributed by atoms with Crippen LogP contribution in [0.5, 0.6) is 0 Å². The second kappa shape index (κ2) is 9.73. The van der Waals surface area contributed by atoms with Gasteiger partial charge in [-0.05, 0) is 43.5 Å². The molecule has 2 aromatic rings. The predicted octanol–water partition coefficient (Wildman–Crippen LogP) is 3.90. The molecule has 0 unspecified atom stereocenters. The zero-order valence-electron chi connectivity index (χ0n) is 18.1. The molecule has 0 aromatic carbocycles. The first kappa shape index (κ1) is 21.8. The van der Waals surface area contributed by atoms with Crippen LogP contribution in [0.1, 0.15) is 76.6 Å². The Morgan fingerprint density at radius 1 is 0.767 bits per heavy atom. The zero-order chi connectivity index (χ0) is 21.7. The van der Waals surface area contributed by atoms with Crippen molar-refractivity contribution in [2.24, 2.45) is 11.8 Å². The van der Waals surface area contributed by atoms with Crippen LogP contribution in [-0.4, -0.2) is 32.2 Å². The molecule has 1 aliphatic rings. The van der Waals surface area contributed by atoms with Crippen LogP contribution in [0.3, 0.4) is 0 Å². The summed E-state index contributed by atoms with van der Waals surface area (Å²) in [7, 11) is 0. The van der Waals surface area contributed by atoms with Crippen molar-refractivity contribution in [3.8, 4) is 0 Å². The zero-order valence-corrected chi connectivity index (χ0v) is 18.1. The van der Waals surface area contributed by atoms with E-state index >= 15 is 0 Å². The minimum atomic E-state index is -0.100. The van der Waals surface area contributed by atoms with E-state index in [1.54, 1.807) is 0 Å². The monoisotopic (exact) mass is 410 g/mol. The number of hydrogen-bond donors (Lipinski definition) is 2. The Morgan fingerprint density at radius 3 is 1.53 bits per heavy atom. The molecule has 1 aliphatic carbocycles. The van der Waals surface area contributed by atoms with E-state index in [2.05, 4.69) is 31.0 Å². The molecule has 1 saturated carbocycles. The van der Waals surface area contributed by atoms with Gasteiger partial charge >= 0.3 is 0 Å². The maximum Gasteiger partial charge on any atom is 0.228 e. The van der Waals surface area contributed by atoms with Crippen molar-refractivity contribution in [1.29, 1.82) is 0 Å². The molecule has 8 heteroatoms. The van der Waals surface area contributed by atoms with Gasteiger partial charge in [-0.3, -0.25) is 9.59 Å². The van der Waals surface area contributed by atoms with Crippen molar-refractivity contribution in [3.05, 3.63) is 35.7 Å². The van der Waals surface area contributed by atoms with Crippen molar-refractivity contribution < 1.29 is 9.59 Å². The van der Waals surface area contributed by atoms with E-state index in [1.807, 2.05) is 52.0 Å². The van der Waals surface area contributed by atoms with Gasteiger partial charge in [0.25, 0.3) is 0 Å². The Labute approximate surface area is 177 Å². The van der Waals surface area contributed by atoms with Gasteiger partial charge in [0.1, 0.15) is 0 Å². The lowest BCUT2D eigenvalue weighted by Gasteiger charge is -2.28. The highest BCUT2D eigenvalue weighted by Gasteiger charge is 2.27. The second-order valence-electron chi connectivity index (χ2n) is 8.54. The topological polar surface area (TPSA) is 110 Å². The van der Waals surface area contributed by atoms with Gasteiger partial charge < -0.3 is 10.6 Å². The van der Waals surface area contributed by atoms with Gasteiger partial charge in [0.15, 0.2) is 11.6 Å². The molecule has 160 valence electrons. The summed E-state index contributed by atoms with van der Waals surface area (Å²) in [5.41, 5.74) is 1.88. The Balaban J connectivity index is 1.62. The molecule has 0 aliphatic heterocycles. The first-order valence-corrected chi connectivity index (χ1v) is 10.6. The number of aromatic nitrogens is 4. The molecule has 2 atom stereocenters. The van der Waals surface area contributed by atoms with Crippen molar-refractivity contribution in [1.82, 2.24) is 20.4 Å². The van der Waals surface area contributed by atoms with Crippen molar-refractivity contribution in [2.45, 2.75) is 65.2 Å². The SMILES string of the molecule is CC(C)C(=O)Nc1ccc([C@@H]2CCC[C@H](c3ccc(NC(=O)C(C)C)nn3)C2)nn1. The highest BCUT2D eigenvalue weighted by atomic mass is 16.2. The van der Waals surface area contributed by atoms with Gasteiger partial charge in [-0.1, -0.05) is 34.1 Å². The highest BCUT2D eigenvalue weighted by molar-refractivity contribution is 5.91. The van der Waals surface area contributed by atoms with Crippen LogP contribution in [0, 0.1) is 11.8 Å². The van der Waals surface area contributed by atoms with Gasteiger partial charge in [-0.15, -0.1) is 10.2 Å². The lowest BCUT2D eigenvalue weighted by Crippen LogP contribution is -2.20. The smallest absolute Gasteiger partial charge is 0.228 e. The fourth-order valence-corrected chi connectivity index (χ4v) is 3.52. The molecule has 3 rings (SSSR count). The number of hydrogen-bond acceptors (Lipinski definition) is 6. The summed E-state index contributed by atoms with van der Waals surface area (Å²) in [6, 6.07) is 7.54. The van der Waals surface area contributed by atoms with E-state index in [4.69, 9.17) is 0 Å². The molecule has 8 nitrogen and oxygen atoms in total. The molecule has 2 N–H and O–H groups in total. The van der Waals surface area contributed by atoms with E-state index in [1.165, 1.54) is 0 Å². The molecular weight excluding hydrogens is 380 g/mol. The Morgan fingerprint density at radius 2 is 1.20 bits per heavy atom. The van der Waals surface area contributed by atoms with Gasteiger partial charge in [0, 0.05) is 23.7 Å². The average Bonchev–Trinajstić information content (AvgIpc) is 2.74. The summed E-state index contributed by atoms with van der Waals surface area (Å²) >= 11 is 0. The van der Waals surface area contributed by atoms with Crippen LogP contribution in [-0.2, 0) is 9.59 Å². The largest absolute Gasteiger partial charge is 0.309 e. The third-order valence-electron chi connectivity index (χ3n) is 5.43. The highest BCUT2D eigenvalue weighted by Crippen LogP contribution is 2.40. The van der Waals surface area contributed by atoms with Crippen molar-refractivity contribution in [2.75, 3.05) is 10.6 Å². The molecule has 2 aromatic heterocycles. The number of amides is 2. The van der Waals surface area contributed by atoms with Crippen LogP contribution in [0.15, 0.2) is 24.3 Å². The normalized spacial score (nSPS) is 19.0. The van der Waals surface area contributed by atoms with Crippen molar-refractivity contribution in [3.63, 3.8) is 0 Å². The van der Waals surface area contributed by atoms with Crippen molar-refractivity contribution >= 4 is 23.5 Å². The number of carbonyl (C=O) groups is 2. The van der Waals surface area contributed by atoms with Crippen LogP contribution < -0.4 is 10.6 Å². The number of carbonyl (C=O) groups excluding carboxylic acids is 2. The summed E-state index contributed by atoms with van der Waals surface area (Å²) in [6.07, 6.45) is 4.12. The number of nitrogens with zero attached hydrogens (tertiary/aromatic N) is 4. The Kier molecular flexibility index (Phi) is 7.07. The number of rotatable bonds is 6. The Hall–Kier alpha value is -2.90. The van der Waals surface area contributed by atoms with E-state index in [-0.39, 0.29) is 23.7 Å². The van der Waals surface area contributed by atoms with E-state index in [0.29, 0.717) is 23.5 Å². The number of nitrogens with one attached hydrogen (secondary N) is 2. The predicted molar refractivity (Wildman–Crippen MR) is 115 cm³/mol. The molecular formula is C22H30N6O2. The summed E-state index contributed by atoms with van der Waals surface area (Å²) in [5, 5.41) is 22.6. The summed E-state index contributed by atoms with van der Waals surface area (Å²) < 4.78 is 0. The molecule has 0 spiro atoms. The third kappa shape index (κ3) is 5.58. The first-order chi connectivity index (χ1) is 14.3.